The minimum atomic E-state index is -0.373. The SMILES string of the molecule is CC(C)C(C)NC(=O)Cn1cnc(Cl)c(Br)c1=O. The number of rotatable bonds is 4. The number of hydrogen-bond acceptors (Lipinski definition) is 3. The summed E-state index contributed by atoms with van der Waals surface area (Å²) in [6.45, 7) is 5.87. The van der Waals surface area contributed by atoms with Crippen molar-refractivity contribution in [3.8, 4) is 0 Å². The van der Waals surface area contributed by atoms with Gasteiger partial charge in [0.2, 0.25) is 5.91 Å². The molecule has 1 unspecified atom stereocenters. The van der Waals surface area contributed by atoms with Gasteiger partial charge >= 0.3 is 0 Å². The van der Waals surface area contributed by atoms with Crippen molar-refractivity contribution in [3.63, 3.8) is 0 Å². The number of carbonyl (C=O) groups excluding carboxylic acids is 1. The van der Waals surface area contributed by atoms with Crippen LogP contribution in [-0.2, 0) is 11.3 Å². The lowest BCUT2D eigenvalue weighted by Crippen LogP contribution is -2.40. The normalized spacial score (nSPS) is 12.6. The topological polar surface area (TPSA) is 64.0 Å². The Hall–Kier alpha value is -0.880. The molecule has 0 radical (unpaired) electrons. The van der Waals surface area contributed by atoms with Gasteiger partial charge in [-0.25, -0.2) is 4.98 Å². The summed E-state index contributed by atoms with van der Waals surface area (Å²) < 4.78 is 1.37. The first-order chi connectivity index (χ1) is 8.32. The molecule has 0 bridgehead atoms. The highest BCUT2D eigenvalue weighted by molar-refractivity contribution is 9.10. The molecule has 1 heterocycles. The lowest BCUT2D eigenvalue weighted by molar-refractivity contribution is -0.122. The lowest BCUT2D eigenvalue weighted by Gasteiger charge is -2.17. The molecule has 5 nitrogen and oxygen atoms in total. The van der Waals surface area contributed by atoms with Crippen LogP contribution < -0.4 is 10.9 Å². The third-order valence-electron chi connectivity index (χ3n) is 2.64. The molecular weight excluding hydrogens is 321 g/mol. The number of nitrogens with one attached hydrogen (secondary N) is 1. The van der Waals surface area contributed by atoms with Crippen molar-refractivity contribution in [2.45, 2.75) is 33.4 Å². The molecule has 18 heavy (non-hydrogen) atoms. The number of hydrogen-bond donors (Lipinski definition) is 1. The van der Waals surface area contributed by atoms with Gasteiger partial charge in [0, 0.05) is 6.04 Å². The van der Waals surface area contributed by atoms with E-state index in [2.05, 4.69) is 26.2 Å². The summed E-state index contributed by atoms with van der Waals surface area (Å²) in [5.41, 5.74) is -0.373. The Morgan fingerprint density at radius 3 is 2.72 bits per heavy atom. The van der Waals surface area contributed by atoms with E-state index in [0.717, 1.165) is 0 Å². The third kappa shape index (κ3) is 3.81. The van der Waals surface area contributed by atoms with E-state index < -0.39 is 0 Å². The van der Waals surface area contributed by atoms with Crippen molar-refractivity contribution in [1.29, 1.82) is 0 Å². The maximum absolute atomic E-state index is 11.8. The maximum atomic E-state index is 11.8. The molecule has 1 N–H and O–H groups in total. The fourth-order valence-electron chi connectivity index (χ4n) is 1.18. The van der Waals surface area contributed by atoms with Crippen LogP contribution >= 0.6 is 27.5 Å². The van der Waals surface area contributed by atoms with Crippen molar-refractivity contribution in [1.82, 2.24) is 14.9 Å². The number of nitrogens with zero attached hydrogens (tertiary/aromatic N) is 2. The van der Waals surface area contributed by atoms with Gasteiger partial charge in [0.25, 0.3) is 5.56 Å². The quantitative estimate of drug-likeness (QED) is 0.853. The highest BCUT2D eigenvalue weighted by Crippen LogP contribution is 2.13. The van der Waals surface area contributed by atoms with E-state index in [-0.39, 0.29) is 33.7 Å². The molecule has 0 saturated heterocycles. The Bertz CT molecular complexity index is 502. The van der Waals surface area contributed by atoms with Crippen molar-refractivity contribution < 1.29 is 4.79 Å². The Kier molecular flexibility index (Phi) is 5.34. The van der Waals surface area contributed by atoms with Crippen LogP contribution in [0.1, 0.15) is 20.8 Å². The predicted octanol–water partition coefficient (Wildman–Crippen LogP) is 1.82. The van der Waals surface area contributed by atoms with E-state index in [1.54, 1.807) is 0 Å². The predicted molar refractivity (Wildman–Crippen MR) is 73.6 cm³/mol. The molecule has 1 aromatic rings. The van der Waals surface area contributed by atoms with E-state index >= 15 is 0 Å². The van der Waals surface area contributed by atoms with Gasteiger partial charge in [-0.1, -0.05) is 25.4 Å². The van der Waals surface area contributed by atoms with Crippen LogP contribution in [0.5, 0.6) is 0 Å². The summed E-state index contributed by atoms with van der Waals surface area (Å²) in [5.74, 6) is 0.107. The summed E-state index contributed by atoms with van der Waals surface area (Å²) in [7, 11) is 0. The second-order valence-electron chi connectivity index (χ2n) is 4.38. The van der Waals surface area contributed by atoms with Crippen LogP contribution in [0.3, 0.4) is 0 Å². The van der Waals surface area contributed by atoms with Crippen LogP contribution in [0.2, 0.25) is 5.15 Å². The zero-order valence-electron chi connectivity index (χ0n) is 10.4. The van der Waals surface area contributed by atoms with Crippen LogP contribution in [-0.4, -0.2) is 21.5 Å². The fourth-order valence-corrected chi connectivity index (χ4v) is 1.63. The second kappa shape index (κ2) is 6.33. The van der Waals surface area contributed by atoms with Gasteiger partial charge in [-0.15, -0.1) is 0 Å². The van der Waals surface area contributed by atoms with Crippen molar-refractivity contribution >= 4 is 33.4 Å². The molecule has 1 amide bonds. The fraction of sp³-hybridized carbons (Fsp3) is 0.545. The van der Waals surface area contributed by atoms with Crippen molar-refractivity contribution in [3.05, 3.63) is 26.3 Å². The summed E-state index contributed by atoms with van der Waals surface area (Å²) >= 11 is 8.71. The molecule has 0 aromatic carbocycles. The number of halogens is 2. The van der Waals surface area contributed by atoms with Crippen molar-refractivity contribution in [2.24, 2.45) is 5.92 Å². The van der Waals surface area contributed by atoms with Crippen LogP contribution in [0.15, 0.2) is 15.6 Å². The molecule has 7 heteroatoms. The van der Waals surface area contributed by atoms with Crippen molar-refractivity contribution in [2.75, 3.05) is 0 Å². The maximum Gasteiger partial charge on any atom is 0.269 e. The zero-order valence-corrected chi connectivity index (χ0v) is 12.7. The lowest BCUT2D eigenvalue weighted by atomic mass is 10.1. The first kappa shape index (κ1) is 15.2. The van der Waals surface area contributed by atoms with E-state index in [1.165, 1.54) is 10.9 Å². The molecule has 0 spiro atoms. The standard InChI is InChI=1S/C11H15BrClN3O2/c1-6(2)7(3)15-8(17)4-16-5-14-10(13)9(12)11(16)18/h5-7H,4H2,1-3H3,(H,15,17). The highest BCUT2D eigenvalue weighted by atomic mass is 79.9. The Labute approximate surface area is 119 Å². The van der Waals surface area contributed by atoms with Crippen LogP contribution in [0, 0.1) is 5.92 Å². The number of aromatic nitrogens is 2. The van der Waals surface area contributed by atoms with Gasteiger partial charge in [-0.3, -0.25) is 14.2 Å². The first-order valence-electron chi connectivity index (χ1n) is 5.52. The molecule has 1 aromatic heterocycles. The summed E-state index contributed by atoms with van der Waals surface area (Å²) in [4.78, 5) is 27.3. The molecule has 0 fully saturated rings. The molecule has 0 aliphatic heterocycles. The van der Waals surface area contributed by atoms with Gasteiger partial charge in [-0.05, 0) is 28.8 Å². The van der Waals surface area contributed by atoms with E-state index in [9.17, 15) is 9.59 Å². The average molecular weight is 337 g/mol. The number of carbonyl (C=O) groups is 1. The van der Waals surface area contributed by atoms with Gasteiger partial charge < -0.3 is 5.32 Å². The molecule has 0 aliphatic rings. The Morgan fingerprint density at radius 1 is 1.56 bits per heavy atom. The Balaban J connectivity index is 2.77. The summed E-state index contributed by atoms with van der Waals surface area (Å²) in [6, 6.07) is 0.0527. The summed E-state index contributed by atoms with van der Waals surface area (Å²) in [6.07, 6.45) is 1.26. The molecular formula is C11H15BrClN3O2. The van der Waals surface area contributed by atoms with E-state index in [1.807, 2.05) is 20.8 Å². The van der Waals surface area contributed by atoms with E-state index in [4.69, 9.17) is 11.6 Å². The zero-order chi connectivity index (χ0) is 13.9. The smallest absolute Gasteiger partial charge is 0.269 e. The largest absolute Gasteiger partial charge is 0.352 e. The molecule has 100 valence electrons. The molecule has 0 aliphatic carbocycles. The Morgan fingerprint density at radius 2 is 2.17 bits per heavy atom. The van der Waals surface area contributed by atoms with E-state index in [0.29, 0.717) is 5.92 Å². The molecule has 0 saturated carbocycles. The van der Waals surface area contributed by atoms with Gasteiger partial charge in [0.1, 0.15) is 11.0 Å². The van der Waals surface area contributed by atoms with Crippen LogP contribution in [0.25, 0.3) is 0 Å². The number of amides is 1. The van der Waals surface area contributed by atoms with Gasteiger partial charge in [-0.2, -0.15) is 0 Å². The molecule has 1 atom stereocenters. The average Bonchev–Trinajstić information content (AvgIpc) is 2.29. The highest BCUT2D eigenvalue weighted by Gasteiger charge is 2.13. The van der Waals surface area contributed by atoms with Crippen LogP contribution in [0.4, 0.5) is 0 Å². The van der Waals surface area contributed by atoms with Gasteiger partial charge in [0.05, 0.1) is 6.33 Å². The molecule has 1 rings (SSSR count). The minimum Gasteiger partial charge on any atom is -0.352 e. The summed E-state index contributed by atoms with van der Waals surface area (Å²) in [5, 5.41) is 2.90. The van der Waals surface area contributed by atoms with Gasteiger partial charge in [0.15, 0.2) is 5.15 Å². The third-order valence-corrected chi connectivity index (χ3v) is 3.87. The first-order valence-corrected chi connectivity index (χ1v) is 6.69. The minimum absolute atomic E-state index is 0.0527. The monoisotopic (exact) mass is 335 g/mol. The second-order valence-corrected chi connectivity index (χ2v) is 5.53.